The molecule has 0 atom stereocenters. The number of fused-ring (bicyclic) bond motifs is 3. The van der Waals surface area contributed by atoms with Crippen molar-refractivity contribution >= 4 is 27.5 Å². The highest BCUT2D eigenvalue weighted by Gasteiger charge is 2.29. The number of hydrogen-bond acceptors (Lipinski definition) is 5. The first-order valence-corrected chi connectivity index (χ1v) is 8.28. The summed E-state index contributed by atoms with van der Waals surface area (Å²) in [5, 5.41) is 0.772. The number of nitrogens with zero attached hydrogens (tertiary/aromatic N) is 3. The van der Waals surface area contributed by atoms with Crippen molar-refractivity contribution in [1.82, 2.24) is 14.5 Å². The molecular formula is C15H17N3O3S. The number of aromatic nitrogens is 2. The van der Waals surface area contributed by atoms with Crippen molar-refractivity contribution in [1.29, 1.82) is 0 Å². The normalized spacial score (nSPS) is 17.8. The Balaban J connectivity index is 1.74. The van der Waals surface area contributed by atoms with Crippen molar-refractivity contribution in [3.63, 3.8) is 0 Å². The average molecular weight is 319 g/mol. The third-order valence-electron chi connectivity index (χ3n) is 4.35. The molecule has 1 saturated carbocycles. The summed E-state index contributed by atoms with van der Waals surface area (Å²) in [4.78, 5) is 32.8. The van der Waals surface area contributed by atoms with Gasteiger partial charge in [0.25, 0.3) is 5.56 Å². The molecule has 1 fully saturated rings. The monoisotopic (exact) mass is 319 g/mol. The Morgan fingerprint density at radius 1 is 1.50 bits per heavy atom. The lowest BCUT2D eigenvalue weighted by Crippen LogP contribution is -2.37. The zero-order valence-electron chi connectivity index (χ0n) is 12.4. The number of rotatable bonds is 3. The van der Waals surface area contributed by atoms with E-state index in [1.54, 1.807) is 15.8 Å². The topological polar surface area (TPSA) is 64.4 Å². The Kier molecular flexibility index (Phi) is 3.27. The van der Waals surface area contributed by atoms with Crippen LogP contribution in [-0.2, 0) is 22.5 Å². The highest BCUT2D eigenvalue weighted by Crippen LogP contribution is 2.36. The highest BCUT2D eigenvalue weighted by molar-refractivity contribution is 7.18. The van der Waals surface area contributed by atoms with Gasteiger partial charge in [0.1, 0.15) is 11.4 Å². The number of carbonyl (C=O) groups excluding carboxylic acids is 1. The van der Waals surface area contributed by atoms with E-state index in [4.69, 9.17) is 4.74 Å². The van der Waals surface area contributed by atoms with Gasteiger partial charge in [-0.15, -0.1) is 11.3 Å². The summed E-state index contributed by atoms with van der Waals surface area (Å²) in [6.07, 6.45) is 4.53. The number of carbonyl (C=O) groups is 1. The minimum absolute atomic E-state index is 0.00560. The molecule has 2 aromatic rings. The molecule has 0 bridgehead atoms. The van der Waals surface area contributed by atoms with E-state index in [0.717, 1.165) is 39.9 Å². The van der Waals surface area contributed by atoms with E-state index in [9.17, 15) is 9.59 Å². The third kappa shape index (κ3) is 2.16. The van der Waals surface area contributed by atoms with Gasteiger partial charge in [0, 0.05) is 24.6 Å². The van der Waals surface area contributed by atoms with Crippen molar-refractivity contribution in [3.05, 3.63) is 27.1 Å². The Hall–Kier alpha value is -1.73. The lowest BCUT2D eigenvalue weighted by molar-refractivity contribution is -0.136. The van der Waals surface area contributed by atoms with Gasteiger partial charge in [0.05, 0.1) is 18.3 Å². The fourth-order valence-corrected chi connectivity index (χ4v) is 4.23. The van der Waals surface area contributed by atoms with Gasteiger partial charge >= 0.3 is 0 Å². The van der Waals surface area contributed by atoms with Crippen LogP contribution in [-0.4, -0.2) is 40.6 Å². The predicted molar refractivity (Wildman–Crippen MR) is 83.1 cm³/mol. The van der Waals surface area contributed by atoms with Crippen molar-refractivity contribution in [3.8, 4) is 0 Å². The van der Waals surface area contributed by atoms with Crippen LogP contribution in [0.2, 0.25) is 0 Å². The average Bonchev–Trinajstić information content (AvgIpc) is 3.27. The summed E-state index contributed by atoms with van der Waals surface area (Å²) < 4.78 is 6.69. The zero-order valence-corrected chi connectivity index (χ0v) is 13.2. The Morgan fingerprint density at radius 3 is 3.05 bits per heavy atom. The van der Waals surface area contributed by atoms with Crippen LogP contribution in [0.15, 0.2) is 11.1 Å². The molecule has 6 nitrogen and oxygen atoms in total. The molecule has 1 aliphatic carbocycles. The lowest BCUT2D eigenvalue weighted by atomic mass is 10.1. The van der Waals surface area contributed by atoms with Gasteiger partial charge in [-0.3, -0.25) is 14.2 Å². The summed E-state index contributed by atoms with van der Waals surface area (Å²) in [5.74, 6) is -0.00560. The fraction of sp³-hybridized carbons (Fsp3) is 0.533. The van der Waals surface area contributed by atoms with Crippen LogP contribution in [0.1, 0.15) is 29.3 Å². The van der Waals surface area contributed by atoms with Crippen LogP contribution >= 0.6 is 11.3 Å². The molecule has 1 aliphatic heterocycles. The number of thiophene rings is 1. The largest absolute Gasteiger partial charge is 0.375 e. The number of ether oxygens (including phenoxy) is 1. The smallest absolute Gasteiger partial charge is 0.262 e. The maximum absolute atomic E-state index is 12.7. The minimum atomic E-state index is -0.00560. The quantitative estimate of drug-likeness (QED) is 0.856. The van der Waals surface area contributed by atoms with E-state index in [-0.39, 0.29) is 18.1 Å². The van der Waals surface area contributed by atoms with E-state index < -0.39 is 0 Å². The molecule has 0 radical (unpaired) electrons. The molecule has 0 N–H and O–H groups in total. The first kappa shape index (κ1) is 13.9. The molecule has 2 aliphatic rings. The molecule has 0 spiro atoms. The maximum atomic E-state index is 12.7. The molecule has 0 aromatic carbocycles. The molecule has 22 heavy (non-hydrogen) atoms. The van der Waals surface area contributed by atoms with Crippen LogP contribution < -0.4 is 5.56 Å². The van der Waals surface area contributed by atoms with E-state index in [0.29, 0.717) is 19.1 Å². The molecule has 3 heterocycles. The van der Waals surface area contributed by atoms with Gasteiger partial charge in [0.15, 0.2) is 0 Å². The lowest BCUT2D eigenvalue weighted by Gasteiger charge is -2.26. The Labute approximate surface area is 131 Å². The second kappa shape index (κ2) is 5.17. The van der Waals surface area contributed by atoms with Crippen molar-refractivity contribution < 1.29 is 9.53 Å². The van der Waals surface area contributed by atoms with Crippen LogP contribution in [0.5, 0.6) is 0 Å². The molecule has 2 aromatic heterocycles. The van der Waals surface area contributed by atoms with Crippen LogP contribution in [0, 0.1) is 0 Å². The summed E-state index contributed by atoms with van der Waals surface area (Å²) in [6, 6.07) is 0.336. The second-order valence-electron chi connectivity index (χ2n) is 5.87. The molecule has 7 heteroatoms. The summed E-state index contributed by atoms with van der Waals surface area (Å²) in [6.45, 7) is 1.30. The van der Waals surface area contributed by atoms with E-state index in [2.05, 4.69) is 4.98 Å². The van der Waals surface area contributed by atoms with Gasteiger partial charge in [-0.1, -0.05) is 0 Å². The summed E-state index contributed by atoms with van der Waals surface area (Å²) in [7, 11) is 1.52. The van der Waals surface area contributed by atoms with E-state index >= 15 is 0 Å². The van der Waals surface area contributed by atoms with Crippen LogP contribution in [0.3, 0.4) is 0 Å². The van der Waals surface area contributed by atoms with Gasteiger partial charge < -0.3 is 9.64 Å². The molecule has 1 amide bonds. The SMILES string of the molecule is COCC(=O)N1CCc2c(sc3ncn(C4CC4)c(=O)c23)C1. The highest BCUT2D eigenvalue weighted by atomic mass is 32.1. The molecule has 116 valence electrons. The van der Waals surface area contributed by atoms with Gasteiger partial charge in [-0.25, -0.2) is 4.98 Å². The predicted octanol–water partition coefficient (Wildman–Crippen LogP) is 1.32. The van der Waals surface area contributed by atoms with Crippen LogP contribution in [0.4, 0.5) is 0 Å². The van der Waals surface area contributed by atoms with Crippen molar-refractivity contribution in [2.45, 2.75) is 31.8 Å². The molecule has 4 rings (SSSR count). The van der Waals surface area contributed by atoms with E-state index in [1.165, 1.54) is 18.4 Å². The first-order chi connectivity index (χ1) is 10.7. The standard InChI is InChI=1S/C15H17N3O3S/c1-21-7-12(19)17-5-4-10-11(6-17)22-14-13(10)15(20)18(8-16-14)9-2-3-9/h8-9H,2-7H2,1H3. The van der Waals surface area contributed by atoms with E-state index in [1.807, 2.05) is 0 Å². The Morgan fingerprint density at radius 2 is 2.32 bits per heavy atom. The Bertz CT molecular complexity index is 806. The third-order valence-corrected chi connectivity index (χ3v) is 5.47. The molecule has 0 unspecified atom stereocenters. The molecule has 0 saturated heterocycles. The van der Waals surface area contributed by atoms with Gasteiger partial charge in [-0.2, -0.15) is 0 Å². The fourth-order valence-electron chi connectivity index (χ4n) is 3.04. The molecular weight excluding hydrogens is 302 g/mol. The van der Waals surface area contributed by atoms with Crippen LogP contribution in [0.25, 0.3) is 10.2 Å². The van der Waals surface area contributed by atoms with Gasteiger partial charge in [0.2, 0.25) is 5.91 Å². The van der Waals surface area contributed by atoms with Crippen molar-refractivity contribution in [2.75, 3.05) is 20.3 Å². The van der Waals surface area contributed by atoms with Gasteiger partial charge in [-0.05, 0) is 24.8 Å². The summed E-state index contributed by atoms with van der Waals surface area (Å²) >= 11 is 1.53. The van der Waals surface area contributed by atoms with Crippen molar-refractivity contribution in [2.24, 2.45) is 0 Å². The summed E-state index contributed by atoms with van der Waals surface area (Å²) in [5.41, 5.74) is 1.18. The zero-order chi connectivity index (χ0) is 15.3. The maximum Gasteiger partial charge on any atom is 0.262 e. The second-order valence-corrected chi connectivity index (χ2v) is 6.95. The number of hydrogen-bond donors (Lipinski definition) is 0. The minimum Gasteiger partial charge on any atom is -0.375 e. The number of methoxy groups -OCH3 is 1. The first-order valence-electron chi connectivity index (χ1n) is 7.47. The number of amides is 1.